The molecule has 58 valence electrons. The van der Waals surface area contributed by atoms with Gasteiger partial charge in [0.25, 0.3) is 5.82 Å². The predicted molar refractivity (Wildman–Crippen MR) is 36.2 cm³/mol. The van der Waals surface area contributed by atoms with Gasteiger partial charge in [-0.1, -0.05) is 6.92 Å². The molecule has 1 rings (SSSR count). The van der Waals surface area contributed by atoms with Crippen LogP contribution in [0.1, 0.15) is 23.2 Å². The molecule has 11 heavy (non-hydrogen) atoms. The average molecular weight is 153 g/mol. The quantitative estimate of drug-likeness (QED) is 0.653. The number of aromatic carboxylic acids is 1. The highest BCUT2D eigenvalue weighted by Crippen LogP contribution is 1.91. The van der Waals surface area contributed by atoms with Crippen LogP contribution in [0.3, 0.4) is 0 Å². The van der Waals surface area contributed by atoms with Crippen LogP contribution in [0.2, 0.25) is 0 Å². The predicted octanol–water partition coefficient (Wildman–Crippen LogP) is 0.132. The number of hydrogen-bond donors (Lipinski definition) is 1. The van der Waals surface area contributed by atoms with Gasteiger partial charge in [0.05, 0.1) is 11.9 Å². The molecular formula is C6H7N3O2. The summed E-state index contributed by atoms with van der Waals surface area (Å²) in [6, 6.07) is 0. The molecule has 0 bridgehead atoms. The Hall–Kier alpha value is -1.52. The lowest BCUT2D eigenvalue weighted by molar-refractivity contribution is 0.0682. The van der Waals surface area contributed by atoms with Gasteiger partial charge in [-0.25, -0.2) is 9.78 Å². The van der Waals surface area contributed by atoms with Crippen LogP contribution in [-0.4, -0.2) is 26.3 Å². The minimum atomic E-state index is -1.15. The molecule has 0 amide bonds. The summed E-state index contributed by atoms with van der Waals surface area (Å²) in [6.45, 7) is 1.89. The van der Waals surface area contributed by atoms with Crippen molar-refractivity contribution in [2.45, 2.75) is 13.3 Å². The molecule has 5 nitrogen and oxygen atoms in total. The molecule has 1 aromatic heterocycles. The van der Waals surface area contributed by atoms with E-state index in [0.717, 1.165) is 0 Å². The Bertz CT molecular complexity index is 257. The van der Waals surface area contributed by atoms with Crippen molar-refractivity contribution in [3.05, 3.63) is 17.7 Å². The minimum absolute atomic E-state index is 0.262. The van der Waals surface area contributed by atoms with Crippen LogP contribution in [0.4, 0.5) is 0 Å². The molecule has 0 saturated heterocycles. The van der Waals surface area contributed by atoms with Gasteiger partial charge in [0, 0.05) is 0 Å². The zero-order valence-electron chi connectivity index (χ0n) is 5.98. The van der Waals surface area contributed by atoms with Gasteiger partial charge < -0.3 is 5.11 Å². The standard InChI is InChI=1S/C6H7N3O2/c1-2-4-3-7-5(6(10)11)9-8-4/h3H,2H2,1H3,(H,10,11). The molecule has 1 N–H and O–H groups in total. The highest BCUT2D eigenvalue weighted by Gasteiger charge is 2.05. The van der Waals surface area contributed by atoms with Crippen LogP contribution in [0.15, 0.2) is 6.20 Å². The lowest BCUT2D eigenvalue weighted by Crippen LogP contribution is -2.06. The summed E-state index contributed by atoms with van der Waals surface area (Å²) in [4.78, 5) is 13.8. The molecule has 1 heterocycles. The van der Waals surface area contributed by atoms with E-state index in [-0.39, 0.29) is 5.82 Å². The molecule has 1 aromatic rings. The van der Waals surface area contributed by atoms with Crippen LogP contribution < -0.4 is 0 Å². The first-order chi connectivity index (χ1) is 5.24. The second-order valence-corrected chi connectivity index (χ2v) is 1.93. The summed E-state index contributed by atoms with van der Waals surface area (Å²) in [5.74, 6) is -1.41. The first kappa shape index (κ1) is 7.59. The summed E-state index contributed by atoms with van der Waals surface area (Å²) in [6.07, 6.45) is 2.12. The number of aromatic nitrogens is 3. The maximum atomic E-state index is 10.2. The lowest BCUT2D eigenvalue weighted by atomic mass is 10.4. The van der Waals surface area contributed by atoms with Gasteiger partial charge in [0.2, 0.25) is 0 Å². The summed E-state index contributed by atoms with van der Waals surface area (Å²) >= 11 is 0. The third-order valence-electron chi connectivity index (χ3n) is 1.16. The van der Waals surface area contributed by atoms with Gasteiger partial charge in [0.15, 0.2) is 0 Å². The van der Waals surface area contributed by atoms with E-state index in [1.54, 1.807) is 0 Å². The fourth-order valence-corrected chi connectivity index (χ4v) is 0.559. The highest BCUT2D eigenvalue weighted by atomic mass is 16.4. The Labute approximate surface area is 63.1 Å². The van der Waals surface area contributed by atoms with Gasteiger partial charge in [-0.05, 0) is 6.42 Å². The highest BCUT2D eigenvalue weighted by molar-refractivity contribution is 5.82. The van der Waals surface area contributed by atoms with E-state index < -0.39 is 5.97 Å². The van der Waals surface area contributed by atoms with E-state index in [1.807, 2.05) is 6.92 Å². The number of rotatable bonds is 2. The fraction of sp³-hybridized carbons (Fsp3) is 0.333. The van der Waals surface area contributed by atoms with E-state index >= 15 is 0 Å². The Morgan fingerprint density at radius 2 is 2.36 bits per heavy atom. The van der Waals surface area contributed by atoms with Crippen LogP contribution >= 0.6 is 0 Å². The topological polar surface area (TPSA) is 76.0 Å². The molecule has 0 atom stereocenters. The number of aryl methyl sites for hydroxylation is 1. The zero-order chi connectivity index (χ0) is 8.27. The normalized spacial score (nSPS) is 9.55. The van der Waals surface area contributed by atoms with Gasteiger partial charge in [-0.3, -0.25) is 0 Å². The van der Waals surface area contributed by atoms with E-state index in [4.69, 9.17) is 5.11 Å². The third kappa shape index (κ3) is 1.70. The average Bonchev–Trinajstić information content (AvgIpc) is 2.05. The Kier molecular flexibility index (Phi) is 2.10. The van der Waals surface area contributed by atoms with Crippen molar-refractivity contribution in [3.8, 4) is 0 Å². The Morgan fingerprint density at radius 3 is 2.73 bits per heavy atom. The number of nitrogens with zero attached hydrogens (tertiary/aromatic N) is 3. The van der Waals surface area contributed by atoms with Crippen molar-refractivity contribution >= 4 is 5.97 Å². The second-order valence-electron chi connectivity index (χ2n) is 1.93. The first-order valence-corrected chi connectivity index (χ1v) is 3.16. The number of hydrogen-bond acceptors (Lipinski definition) is 4. The molecule has 0 aliphatic carbocycles. The van der Waals surface area contributed by atoms with Gasteiger partial charge in [-0.15, -0.1) is 5.10 Å². The van der Waals surface area contributed by atoms with E-state index in [9.17, 15) is 4.79 Å². The molecule has 5 heteroatoms. The number of carbonyl (C=O) groups is 1. The van der Waals surface area contributed by atoms with Crippen molar-refractivity contribution in [1.82, 2.24) is 15.2 Å². The largest absolute Gasteiger partial charge is 0.475 e. The van der Waals surface area contributed by atoms with Crippen LogP contribution in [0.5, 0.6) is 0 Å². The zero-order valence-corrected chi connectivity index (χ0v) is 5.98. The maximum absolute atomic E-state index is 10.2. The van der Waals surface area contributed by atoms with Crippen LogP contribution in [0.25, 0.3) is 0 Å². The third-order valence-corrected chi connectivity index (χ3v) is 1.16. The summed E-state index contributed by atoms with van der Waals surface area (Å²) < 4.78 is 0. The van der Waals surface area contributed by atoms with Gasteiger partial charge in [-0.2, -0.15) is 5.10 Å². The number of carboxylic acids is 1. The van der Waals surface area contributed by atoms with Crippen molar-refractivity contribution in [1.29, 1.82) is 0 Å². The van der Waals surface area contributed by atoms with Crippen LogP contribution in [0, 0.1) is 0 Å². The summed E-state index contributed by atoms with van der Waals surface area (Å²) in [7, 11) is 0. The smallest absolute Gasteiger partial charge is 0.375 e. The minimum Gasteiger partial charge on any atom is -0.475 e. The van der Waals surface area contributed by atoms with Gasteiger partial charge in [0.1, 0.15) is 0 Å². The van der Waals surface area contributed by atoms with Crippen molar-refractivity contribution in [3.63, 3.8) is 0 Å². The van der Waals surface area contributed by atoms with E-state index in [1.165, 1.54) is 6.20 Å². The van der Waals surface area contributed by atoms with E-state index in [2.05, 4.69) is 15.2 Å². The maximum Gasteiger partial charge on any atom is 0.375 e. The van der Waals surface area contributed by atoms with Crippen molar-refractivity contribution in [2.75, 3.05) is 0 Å². The first-order valence-electron chi connectivity index (χ1n) is 3.16. The SMILES string of the molecule is CCc1cnc(C(=O)O)nn1. The van der Waals surface area contributed by atoms with Crippen LogP contribution in [-0.2, 0) is 6.42 Å². The summed E-state index contributed by atoms with van der Waals surface area (Å²) in [5.41, 5.74) is 0.690. The molecule has 0 aliphatic heterocycles. The molecule has 0 spiro atoms. The molecule has 0 aliphatic rings. The van der Waals surface area contributed by atoms with Crippen molar-refractivity contribution in [2.24, 2.45) is 0 Å². The second kappa shape index (κ2) is 3.05. The van der Waals surface area contributed by atoms with Crippen molar-refractivity contribution < 1.29 is 9.90 Å². The fourth-order valence-electron chi connectivity index (χ4n) is 0.559. The molecule has 0 aromatic carbocycles. The Morgan fingerprint density at radius 1 is 1.64 bits per heavy atom. The summed E-state index contributed by atoms with van der Waals surface area (Å²) in [5, 5.41) is 15.4. The molecule has 0 fully saturated rings. The monoisotopic (exact) mass is 153 g/mol. The van der Waals surface area contributed by atoms with Gasteiger partial charge >= 0.3 is 5.97 Å². The lowest BCUT2D eigenvalue weighted by Gasteiger charge is -1.92. The Balaban J connectivity index is 2.91. The van der Waals surface area contributed by atoms with E-state index in [0.29, 0.717) is 12.1 Å². The molecule has 0 radical (unpaired) electrons. The molecule has 0 saturated carbocycles. The molecular weight excluding hydrogens is 146 g/mol. The number of carboxylic acid groups (broad SMARTS) is 1. The molecule has 0 unspecified atom stereocenters.